The highest BCUT2D eigenvalue weighted by Crippen LogP contribution is 2.35. The summed E-state index contributed by atoms with van der Waals surface area (Å²) in [6, 6.07) is 1.35. The number of hydrogen-bond acceptors (Lipinski definition) is 2. The fourth-order valence-corrected chi connectivity index (χ4v) is 1.53. The lowest BCUT2D eigenvalue weighted by Gasteiger charge is -2.10. The molecule has 0 saturated carbocycles. The van der Waals surface area contributed by atoms with Crippen LogP contribution >= 0.6 is 11.6 Å². The molecule has 0 unspecified atom stereocenters. The van der Waals surface area contributed by atoms with Crippen LogP contribution in [0.15, 0.2) is 12.1 Å². The third-order valence-corrected chi connectivity index (χ3v) is 2.44. The number of nitro groups is 1. The maximum atomic E-state index is 12.4. The Hall–Kier alpha value is -1.30. The second kappa shape index (κ2) is 4.29. The van der Waals surface area contributed by atoms with E-state index >= 15 is 0 Å². The summed E-state index contributed by atoms with van der Waals surface area (Å²) in [5, 5.41) is 10.6. The smallest absolute Gasteiger partial charge is 0.258 e. The van der Waals surface area contributed by atoms with Crippen LogP contribution in [0.2, 0.25) is 0 Å². The van der Waals surface area contributed by atoms with E-state index in [0.717, 1.165) is 6.07 Å². The van der Waals surface area contributed by atoms with Gasteiger partial charge in [-0.3, -0.25) is 10.1 Å². The van der Waals surface area contributed by atoms with E-state index in [-0.39, 0.29) is 17.0 Å². The Bertz CT molecular complexity index is 431. The molecule has 0 N–H and O–H groups in total. The van der Waals surface area contributed by atoms with Gasteiger partial charge >= 0.3 is 6.18 Å². The lowest BCUT2D eigenvalue weighted by atomic mass is 10.0. The van der Waals surface area contributed by atoms with E-state index in [1.807, 2.05) is 0 Å². The summed E-state index contributed by atoms with van der Waals surface area (Å²) in [4.78, 5) is 9.72. The minimum Gasteiger partial charge on any atom is -0.258 e. The molecule has 0 fully saturated rings. The molecule has 7 heteroatoms. The third kappa shape index (κ3) is 2.44. The molecule has 1 rings (SSSR count). The van der Waals surface area contributed by atoms with Gasteiger partial charge in [0.2, 0.25) is 0 Å². The van der Waals surface area contributed by atoms with Crippen molar-refractivity contribution in [2.24, 2.45) is 0 Å². The maximum absolute atomic E-state index is 12.4. The van der Waals surface area contributed by atoms with E-state index in [0.29, 0.717) is 6.07 Å². The van der Waals surface area contributed by atoms with E-state index in [4.69, 9.17) is 11.6 Å². The zero-order chi connectivity index (χ0) is 12.5. The molecular weight excluding hydrogens is 247 g/mol. The molecule has 0 atom stereocenters. The van der Waals surface area contributed by atoms with Crippen molar-refractivity contribution >= 4 is 17.3 Å². The molecule has 16 heavy (non-hydrogen) atoms. The van der Waals surface area contributed by atoms with Crippen LogP contribution in [0.1, 0.15) is 16.7 Å². The quantitative estimate of drug-likeness (QED) is 0.459. The molecule has 0 radical (unpaired) electrons. The Kier molecular flexibility index (Phi) is 3.42. The van der Waals surface area contributed by atoms with Gasteiger partial charge < -0.3 is 0 Å². The van der Waals surface area contributed by atoms with Crippen molar-refractivity contribution in [3.8, 4) is 0 Å². The van der Waals surface area contributed by atoms with Gasteiger partial charge in [-0.25, -0.2) is 0 Å². The standard InChI is InChI=1S/C9H7ClF3NO2/c1-5-6(4-10)2-7(9(11,12)13)3-8(5)14(15)16/h2-3H,4H2,1H3. The van der Waals surface area contributed by atoms with Gasteiger partial charge in [0.1, 0.15) is 0 Å². The molecule has 88 valence electrons. The van der Waals surface area contributed by atoms with Gasteiger partial charge in [0.15, 0.2) is 0 Å². The third-order valence-electron chi connectivity index (χ3n) is 2.16. The number of alkyl halides is 4. The molecule has 3 nitrogen and oxygen atoms in total. The average Bonchev–Trinajstić information content (AvgIpc) is 2.15. The first-order chi connectivity index (χ1) is 7.27. The molecule has 0 heterocycles. The second-order valence-electron chi connectivity index (χ2n) is 3.17. The van der Waals surface area contributed by atoms with Crippen molar-refractivity contribution in [3.05, 3.63) is 38.9 Å². The van der Waals surface area contributed by atoms with Crippen LogP contribution in [0, 0.1) is 17.0 Å². The molecule has 0 aromatic heterocycles. The Labute approximate surface area is 94.0 Å². The molecule has 0 aliphatic heterocycles. The van der Waals surface area contributed by atoms with Gasteiger partial charge in [0.25, 0.3) is 5.69 Å². The molecule has 1 aromatic rings. The van der Waals surface area contributed by atoms with Crippen LogP contribution in [0.25, 0.3) is 0 Å². The van der Waals surface area contributed by atoms with E-state index < -0.39 is 22.4 Å². The van der Waals surface area contributed by atoms with Crippen molar-refractivity contribution in [1.82, 2.24) is 0 Å². The molecule has 0 saturated heterocycles. The van der Waals surface area contributed by atoms with E-state index in [1.54, 1.807) is 0 Å². The minimum atomic E-state index is -4.61. The Morgan fingerprint density at radius 2 is 2.00 bits per heavy atom. The van der Waals surface area contributed by atoms with Crippen LogP contribution in [-0.2, 0) is 12.1 Å². The highest BCUT2D eigenvalue weighted by Gasteiger charge is 2.33. The van der Waals surface area contributed by atoms with Crippen molar-refractivity contribution in [3.63, 3.8) is 0 Å². The van der Waals surface area contributed by atoms with Gasteiger partial charge in [-0.15, -0.1) is 11.6 Å². The highest BCUT2D eigenvalue weighted by atomic mass is 35.5. The lowest BCUT2D eigenvalue weighted by Crippen LogP contribution is -2.08. The zero-order valence-corrected chi connectivity index (χ0v) is 8.89. The summed E-state index contributed by atoms with van der Waals surface area (Å²) < 4.78 is 37.2. The van der Waals surface area contributed by atoms with Crippen LogP contribution in [0.4, 0.5) is 18.9 Å². The molecule has 0 amide bonds. The Balaban J connectivity index is 3.46. The van der Waals surface area contributed by atoms with Gasteiger partial charge in [0.05, 0.1) is 10.5 Å². The maximum Gasteiger partial charge on any atom is 0.416 e. The molecule has 1 aromatic carbocycles. The van der Waals surface area contributed by atoms with Crippen LogP contribution < -0.4 is 0 Å². The van der Waals surface area contributed by atoms with Crippen LogP contribution in [0.5, 0.6) is 0 Å². The van der Waals surface area contributed by atoms with Crippen LogP contribution in [-0.4, -0.2) is 4.92 Å². The van der Waals surface area contributed by atoms with E-state index in [2.05, 4.69) is 0 Å². The number of halogens is 4. The van der Waals surface area contributed by atoms with Crippen molar-refractivity contribution in [2.75, 3.05) is 0 Å². The normalized spacial score (nSPS) is 11.6. The minimum absolute atomic E-state index is 0.114. The highest BCUT2D eigenvalue weighted by molar-refractivity contribution is 6.17. The summed E-state index contributed by atoms with van der Waals surface area (Å²) in [6.45, 7) is 1.37. The Morgan fingerprint density at radius 1 is 1.44 bits per heavy atom. The van der Waals surface area contributed by atoms with Crippen molar-refractivity contribution < 1.29 is 18.1 Å². The van der Waals surface area contributed by atoms with Gasteiger partial charge in [-0.2, -0.15) is 13.2 Å². The summed E-state index contributed by atoms with van der Waals surface area (Å²) in [7, 11) is 0. The fraction of sp³-hybridized carbons (Fsp3) is 0.333. The first kappa shape index (κ1) is 12.8. The summed E-state index contributed by atoms with van der Waals surface area (Å²) in [6.07, 6.45) is -4.61. The molecule has 0 aliphatic carbocycles. The number of nitrogens with zero attached hydrogens (tertiary/aromatic N) is 1. The summed E-state index contributed by atoms with van der Waals surface area (Å²) in [5.74, 6) is -0.198. The molecule has 0 aliphatic rings. The predicted octanol–water partition coefficient (Wildman–Crippen LogP) is 3.66. The second-order valence-corrected chi connectivity index (χ2v) is 3.44. The number of benzene rings is 1. The number of rotatable bonds is 2. The first-order valence-corrected chi connectivity index (χ1v) is 4.72. The monoisotopic (exact) mass is 253 g/mol. The van der Waals surface area contributed by atoms with Gasteiger partial charge in [-0.1, -0.05) is 0 Å². The van der Waals surface area contributed by atoms with E-state index in [9.17, 15) is 23.3 Å². The summed E-state index contributed by atoms with van der Waals surface area (Å²) >= 11 is 5.44. The summed E-state index contributed by atoms with van der Waals surface area (Å²) in [5.41, 5.74) is -1.35. The number of hydrogen-bond donors (Lipinski definition) is 0. The first-order valence-electron chi connectivity index (χ1n) is 4.18. The predicted molar refractivity (Wildman–Crippen MR) is 52.4 cm³/mol. The van der Waals surface area contributed by atoms with Crippen LogP contribution in [0.3, 0.4) is 0 Å². The Morgan fingerprint density at radius 3 is 2.38 bits per heavy atom. The molecule has 0 bridgehead atoms. The largest absolute Gasteiger partial charge is 0.416 e. The van der Waals surface area contributed by atoms with Gasteiger partial charge in [0, 0.05) is 17.5 Å². The SMILES string of the molecule is Cc1c(CCl)cc(C(F)(F)F)cc1[N+](=O)[O-]. The van der Waals surface area contributed by atoms with E-state index in [1.165, 1.54) is 6.92 Å². The molecular formula is C9H7ClF3NO2. The van der Waals surface area contributed by atoms with Gasteiger partial charge in [-0.05, 0) is 18.6 Å². The van der Waals surface area contributed by atoms with Crippen molar-refractivity contribution in [1.29, 1.82) is 0 Å². The molecule has 0 spiro atoms. The lowest BCUT2D eigenvalue weighted by molar-refractivity contribution is -0.385. The van der Waals surface area contributed by atoms with Crippen molar-refractivity contribution in [2.45, 2.75) is 19.0 Å². The topological polar surface area (TPSA) is 43.1 Å². The number of nitro benzene ring substituents is 1. The average molecular weight is 254 g/mol. The zero-order valence-electron chi connectivity index (χ0n) is 8.14. The fourth-order valence-electron chi connectivity index (χ4n) is 1.25.